The van der Waals surface area contributed by atoms with E-state index in [1.165, 1.54) is 6.07 Å². The first-order chi connectivity index (χ1) is 8.74. The molecule has 1 aliphatic heterocycles. The molecule has 4 heteroatoms. The molecule has 1 aliphatic rings. The van der Waals surface area contributed by atoms with Gasteiger partial charge in [-0.15, -0.1) is 0 Å². The first-order valence-electron chi connectivity index (χ1n) is 5.87. The highest BCUT2D eigenvalue weighted by molar-refractivity contribution is 5.69. The molecule has 92 valence electrons. The van der Waals surface area contributed by atoms with E-state index in [0.29, 0.717) is 17.9 Å². The summed E-state index contributed by atoms with van der Waals surface area (Å²) in [6, 6.07) is 6.84. The van der Waals surface area contributed by atoms with Gasteiger partial charge in [-0.1, -0.05) is 11.6 Å². The summed E-state index contributed by atoms with van der Waals surface area (Å²) in [6.07, 6.45) is 1.64. The molecule has 0 amide bonds. The predicted octanol–water partition coefficient (Wildman–Crippen LogP) is 3.00. The van der Waals surface area contributed by atoms with Crippen LogP contribution in [0.15, 0.2) is 30.5 Å². The highest BCUT2D eigenvalue weighted by Gasteiger charge is 2.13. The number of halogens is 1. The van der Waals surface area contributed by atoms with Crippen LogP contribution in [-0.2, 0) is 0 Å². The molecule has 1 aromatic heterocycles. The first-order valence-corrected chi connectivity index (χ1v) is 5.87. The third kappa shape index (κ3) is 1.90. The van der Waals surface area contributed by atoms with Crippen LogP contribution in [0.5, 0.6) is 5.75 Å². The van der Waals surface area contributed by atoms with Crippen LogP contribution in [-0.4, -0.2) is 18.1 Å². The van der Waals surface area contributed by atoms with E-state index in [1.807, 2.05) is 13.0 Å². The number of pyridine rings is 1. The van der Waals surface area contributed by atoms with Gasteiger partial charge in [-0.05, 0) is 25.1 Å². The fourth-order valence-electron chi connectivity index (χ4n) is 2.03. The minimum Gasteiger partial charge on any atom is -0.488 e. The Hall–Kier alpha value is -2.10. The third-order valence-electron chi connectivity index (χ3n) is 2.94. The van der Waals surface area contributed by atoms with Gasteiger partial charge < -0.3 is 10.1 Å². The van der Waals surface area contributed by atoms with Crippen molar-refractivity contribution in [2.45, 2.75) is 6.92 Å². The number of fused-ring (bicyclic) bond motifs is 1. The highest BCUT2D eigenvalue weighted by atomic mass is 19.1. The van der Waals surface area contributed by atoms with Crippen molar-refractivity contribution in [2.75, 3.05) is 18.5 Å². The second-order valence-corrected chi connectivity index (χ2v) is 4.32. The molecule has 2 heterocycles. The maximum atomic E-state index is 13.8. The topological polar surface area (TPSA) is 34.1 Å². The van der Waals surface area contributed by atoms with Crippen molar-refractivity contribution in [3.63, 3.8) is 0 Å². The molecule has 2 aromatic rings. The molecule has 18 heavy (non-hydrogen) atoms. The van der Waals surface area contributed by atoms with E-state index >= 15 is 0 Å². The lowest BCUT2D eigenvalue weighted by Gasteiger charge is -2.19. The number of nitrogens with one attached hydrogen (secondary N) is 1. The molecule has 0 fully saturated rings. The van der Waals surface area contributed by atoms with Gasteiger partial charge in [0.05, 0.1) is 17.6 Å². The van der Waals surface area contributed by atoms with Crippen molar-refractivity contribution in [1.82, 2.24) is 4.98 Å². The Labute approximate surface area is 105 Å². The van der Waals surface area contributed by atoms with E-state index in [9.17, 15) is 4.39 Å². The normalized spacial score (nSPS) is 13.4. The lowest BCUT2D eigenvalue weighted by Crippen LogP contribution is -2.18. The van der Waals surface area contributed by atoms with E-state index in [0.717, 1.165) is 23.5 Å². The Balaban J connectivity index is 2.09. The van der Waals surface area contributed by atoms with Gasteiger partial charge in [-0.3, -0.25) is 4.98 Å². The average molecular weight is 244 g/mol. The molecule has 0 atom stereocenters. The van der Waals surface area contributed by atoms with Crippen LogP contribution in [0.3, 0.4) is 0 Å². The molecule has 3 rings (SSSR count). The maximum Gasteiger partial charge on any atom is 0.160 e. The number of rotatable bonds is 1. The van der Waals surface area contributed by atoms with Crippen LogP contribution in [0.1, 0.15) is 5.56 Å². The van der Waals surface area contributed by atoms with Gasteiger partial charge >= 0.3 is 0 Å². The van der Waals surface area contributed by atoms with Crippen LogP contribution < -0.4 is 10.1 Å². The van der Waals surface area contributed by atoms with Crippen LogP contribution in [0.4, 0.5) is 10.1 Å². The van der Waals surface area contributed by atoms with Crippen LogP contribution in [0.2, 0.25) is 0 Å². The molecule has 0 saturated heterocycles. The zero-order chi connectivity index (χ0) is 12.5. The van der Waals surface area contributed by atoms with Crippen molar-refractivity contribution in [3.05, 3.63) is 41.8 Å². The van der Waals surface area contributed by atoms with Gasteiger partial charge in [0, 0.05) is 12.1 Å². The molecular formula is C14H13FN2O. The monoisotopic (exact) mass is 244 g/mol. The van der Waals surface area contributed by atoms with E-state index in [4.69, 9.17) is 4.74 Å². The zero-order valence-corrected chi connectivity index (χ0v) is 10.0. The summed E-state index contributed by atoms with van der Waals surface area (Å²) in [4.78, 5) is 4.26. The van der Waals surface area contributed by atoms with Crippen molar-refractivity contribution in [3.8, 4) is 17.0 Å². The summed E-state index contributed by atoms with van der Waals surface area (Å²) >= 11 is 0. The summed E-state index contributed by atoms with van der Waals surface area (Å²) in [5.41, 5.74) is 3.01. The van der Waals surface area contributed by atoms with E-state index in [2.05, 4.69) is 10.3 Å². The lowest BCUT2D eigenvalue weighted by atomic mass is 10.1. The number of aryl methyl sites for hydroxylation is 1. The van der Waals surface area contributed by atoms with Crippen molar-refractivity contribution in [2.24, 2.45) is 0 Å². The predicted molar refractivity (Wildman–Crippen MR) is 68.4 cm³/mol. The number of aromatic nitrogens is 1. The van der Waals surface area contributed by atoms with Gasteiger partial charge in [-0.2, -0.15) is 0 Å². The quantitative estimate of drug-likeness (QED) is 0.837. The molecule has 3 nitrogen and oxygen atoms in total. The second kappa shape index (κ2) is 4.29. The first kappa shape index (κ1) is 11.0. The number of hydrogen-bond acceptors (Lipinski definition) is 3. The largest absolute Gasteiger partial charge is 0.488 e. The SMILES string of the molecule is Cc1ccc(F)c(-c2cc3c(cn2)OCCN3)c1. The minimum atomic E-state index is -0.259. The Kier molecular flexibility index (Phi) is 2.63. The summed E-state index contributed by atoms with van der Waals surface area (Å²) in [5, 5.41) is 3.22. The minimum absolute atomic E-state index is 0.259. The second-order valence-electron chi connectivity index (χ2n) is 4.32. The number of nitrogens with zero attached hydrogens (tertiary/aromatic N) is 1. The smallest absolute Gasteiger partial charge is 0.160 e. The van der Waals surface area contributed by atoms with Crippen molar-refractivity contribution in [1.29, 1.82) is 0 Å². The van der Waals surface area contributed by atoms with Crippen LogP contribution >= 0.6 is 0 Å². The molecule has 0 radical (unpaired) electrons. The molecule has 0 unspecified atom stereocenters. The average Bonchev–Trinajstić information content (AvgIpc) is 2.41. The van der Waals surface area contributed by atoms with Gasteiger partial charge in [0.2, 0.25) is 0 Å². The summed E-state index contributed by atoms with van der Waals surface area (Å²) in [5.74, 6) is 0.461. The fourth-order valence-corrected chi connectivity index (χ4v) is 2.03. The molecule has 1 aromatic carbocycles. The molecule has 0 spiro atoms. The number of ether oxygens (including phenoxy) is 1. The van der Waals surface area contributed by atoms with Crippen molar-refractivity contribution < 1.29 is 9.13 Å². The molecule has 0 bridgehead atoms. The number of hydrogen-bond donors (Lipinski definition) is 1. The van der Waals surface area contributed by atoms with Gasteiger partial charge in [0.1, 0.15) is 12.4 Å². The summed E-state index contributed by atoms with van der Waals surface area (Å²) in [7, 11) is 0. The van der Waals surface area contributed by atoms with Crippen LogP contribution in [0, 0.1) is 12.7 Å². The molecular weight excluding hydrogens is 231 g/mol. The summed E-state index contributed by atoms with van der Waals surface area (Å²) in [6.45, 7) is 3.32. The Bertz CT molecular complexity index is 598. The van der Waals surface area contributed by atoms with Gasteiger partial charge in [0.15, 0.2) is 5.75 Å². The standard InChI is InChI=1S/C14H13FN2O/c1-9-2-3-11(15)10(6-9)12-7-13-14(8-17-12)18-5-4-16-13/h2-3,6-8,16H,4-5H2,1H3. The third-order valence-corrected chi connectivity index (χ3v) is 2.94. The van der Waals surface area contributed by atoms with Crippen LogP contribution in [0.25, 0.3) is 11.3 Å². The molecule has 0 saturated carbocycles. The Morgan fingerprint density at radius 3 is 3.11 bits per heavy atom. The van der Waals surface area contributed by atoms with E-state index < -0.39 is 0 Å². The van der Waals surface area contributed by atoms with Gasteiger partial charge in [0.25, 0.3) is 0 Å². The maximum absolute atomic E-state index is 13.8. The van der Waals surface area contributed by atoms with E-state index in [-0.39, 0.29) is 5.82 Å². The Morgan fingerprint density at radius 1 is 1.33 bits per heavy atom. The highest BCUT2D eigenvalue weighted by Crippen LogP contribution is 2.31. The molecule has 0 aliphatic carbocycles. The molecule has 1 N–H and O–H groups in total. The van der Waals surface area contributed by atoms with Crippen molar-refractivity contribution >= 4 is 5.69 Å². The lowest BCUT2D eigenvalue weighted by molar-refractivity contribution is 0.322. The number of anilines is 1. The zero-order valence-electron chi connectivity index (χ0n) is 10.0. The number of benzene rings is 1. The fraction of sp³-hybridized carbons (Fsp3) is 0.214. The van der Waals surface area contributed by atoms with E-state index in [1.54, 1.807) is 18.3 Å². The van der Waals surface area contributed by atoms with Gasteiger partial charge in [-0.25, -0.2) is 4.39 Å². The Morgan fingerprint density at radius 2 is 2.22 bits per heavy atom. The summed E-state index contributed by atoms with van der Waals surface area (Å²) < 4.78 is 19.2.